The van der Waals surface area contributed by atoms with Gasteiger partial charge in [-0.05, 0) is 32.9 Å². The topological polar surface area (TPSA) is 67.6 Å². The molecule has 6 heteroatoms. The molecule has 1 amide bonds. The van der Waals surface area contributed by atoms with Crippen molar-refractivity contribution >= 4 is 23.1 Å². The lowest BCUT2D eigenvalue weighted by atomic mass is 9.96. The largest absolute Gasteiger partial charge is 0.391 e. The third-order valence-electron chi connectivity index (χ3n) is 3.38. The number of hydrogen-bond acceptors (Lipinski definition) is 4. The van der Waals surface area contributed by atoms with E-state index in [2.05, 4.69) is 10.2 Å². The number of ether oxygens (including phenoxy) is 1. The third-order valence-corrected chi connectivity index (χ3v) is 3.71. The molecular formula is C12H23N3O2S. The van der Waals surface area contributed by atoms with Crippen LogP contribution in [0.3, 0.4) is 0 Å². The zero-order chi connectivity index (χ0) is 13.5. The number of carbonyl (C=O) groups excluding carboxylic acids is 1. The molecule has 1 fully saturated rings. The normalized spacial score (nSPS) is 19.4. The fourth-order valence-corrected chi connectivity index (χ4v) is 2.13. The average Bonchev–Trinajstić information content (AvgIpc) is 2.38. The first-order valence-corrected chi connectivity index (χ1v) is 6.80. The van der Waals surface area contributed by atoms with E-state index in [1.807, 2.05) is 6.92 Å². The number of hydrogen-bond donors (Lipinski definition) is 2. The summed E-state index contributed by atoms with van der Waals surface area (Å²) in [6.45, 7) is 5.25. The Kier molecular flexibility index (Phi) is 6.52. The van der Waals surface area contributed by atoms with Crippen molar-refractivity contribution in [3.05, 3.63) is 0 Å². The first kappa shape index (κ1) is 15.3. The second-order valence-corrected chi connectivity index (χ2v) is 5.12. The predicted molar refractivity (Wildman–Crippen MR) is 75.4 cm³/mol. The van der Waals surface area contributed by atoms with Crippen molar-refractivity contribution in [3.8, 4) is 0 Å². The monoisotopic (exact) mass is 273 g/mol. The summed E-state index contributed by atoms with van der Waals surface area (Å²) in [7, 11) is 1.69. The summed E-state index contributed by atoms with van der Waals surface area (Å²) in [5.41, 5.74) is 5.47. The number of nitrogens with two attached hydrogens (primary N) is 1. The minimum atomic E-state index is -0.164. The SMILES string of the molecule is CNC(=O)C1CCN(CCOC(C)C(N)=S)CC1. The van der Waals surface area contributed by atoms with E-state index < -0.39 is 0 Å². The standard InChI is InChI=1S/C12H23N3O2S/c1-9(11(13)18)17-8-7-15-5-3-10(4-6-15)12(16)14-2/h9-10H,3-8H2,1-2H3,(H2,13,18)(H,14,16). The Bertz CT molecular complexity index is 291. The number of amides is 1. The van der Waals surface area contributed by atoms with Crippen LogP contribution in [-0.2, 0) is 9.53 Å². The van der Waals surface area contributed by atoms with Gasteiger partial charge in [-0.25, -0.2) is 0 Å². The van der Waals surface area contributed by atoms with Gasteiger partial charge in [-0.3, -0.25) is 4.79 Å². The van der Waals surface area contributed by atoms with E-state index in [0.717, 1.165) is 32.5 Å². The molecule has 0 saturated carbocycles. The minimum Gasteiger partial charge on any atom is -0.391 e. The second-order valence-electron chi connectivity index (χ2n) is 4.65. The molecular weight excluding hydrogens is 250 g/mol. The Balaban J connectivity index is 2.16. The number of nitrogens with zero attached hydrogens (tertiary/aromatic N) is 1. The molecule has 1 saturated heterocycles. The van der Waals surface area contributed by atoms with Gasteiger partial charge in [0.05, 0.1) is 6.61 Å². The van der Waals surface area contributed by atoms with E-state index in [1.165, 1.54) is 0 Å². The summed E-state index contributed by atoms with van der Waals surface area (Å²) in [5.74, 6) is 0.329. The molecule has 1 aliphatic rings. The first-order valence-electron chi connectivity index (χ1n) is 6.39. The van der Waals surface area contributed by atoms with Crippen LogP contribution in [0.4, 0.5) is 0 Å². The number of thiocarbonyl (C=S) groups is 1. The highest BCUT2D eigenvalue weighted by Crippen LogP contribution is 2.16. The zero-order valence-electron chi connectivity index (χ0n) is 11.1. The average molecular weight is 273 g/mol. The van der Waals surface area contributed by atoms with E-state index in [9.17, 15) is 4.79 Å². The van der Waals surface area contributed by atoms with Crippen LogP contribution in [0, 0.1) is 5.92 Å². The predicted octanol–water partition coefficient (Wildman–Crippen LogP) is 0.136. The summed E-state index contributed by atoms with van der Waals surface area (Å²) in [6.07, 6.45) is 1.68. The second kappa shape index (κ2) is 7.66. The van der Waals surface area contributed by atoms with Gasteiger partial charge in [0.1, 0.15) is 11.1 Å². The fraction of sp³-hybridized carbons (Fsp3) is 0.833. The van der Waals surface area contributed by atoms with Crippen molar-refractivity contribution in [3.63, 3.8) is 0 Å². The van der Waals surface area contributed by atoms with Gasteiger partial charge in [-0.2, -0.15) is 0 Å². The number of nitrogens with one attached hydrogen (secondary N) is 1. The Morgan fingerprint density at radius 3 is 2.67 bits per heavy atom. The Hall–Kier alpha value is -0.720. The summed E-state index contributed by atoms with van der Waals surface area (Å²) in [4.78, 5) is 14.2. The third kappa shape index (κ3) is 4.88. The van der Waals surface area contributed by atoms with E-state index in [0.29, 0.717) is 11.6 Å². The lowest BCUT2D eigenvalue weighted by molar-refractivity contribution is -0.125. The molecule has 3 N–H and O–H groups in total. The number of carbonyl (C=O) groups is 1. The highest BCUT2D eigenvalue weighted by atomic mass is 32.1. The van der Waals surface area contributed by atoms with Crippen LogP contribution < -0.4 is 11.1 Å². The van der Waals surface area contributed by atoms with Gasteiger partial charge in [0.2, 0.25) is 5.91 Å². The highest BCUT2D eigenvalue weighted by Gasteiger charge is 2.23. The van der Waals surface area contributed by atoms with Gasteiger partial charge in [0.25, 0.3) is 0 Å². The maximum Gasteiger partial charge on any atom is 0.222 e. The Morgan fingerprint density at radius 1 is 1.56 bits per heavy atom. The Labute approximate surface area is 114 Å². The molecule has 1 rings (SSSR count). The van der Waals surface area contributed by atoms with Gasteiger partial charge < -0.3 is 20.7 Å². The molecule has 18 heavy (non-hydrogen) atoms. The molecule has 0 bridgehead atoms. The quantitative estimate of drug-likeness (QED) is 0.674. The van der Waals surface area contributed by atoms with Crippen molar-refractivity contribution in [2.24, 2.45) is 11.7 Å². The van der Waals surface area contributed by atoms with Crippen LogP contribution in [0.15, 0.2) is 0 Å². The van der Waals surface area contributed by atoms with Crippen molar-refractivity contribution in [2.75, 3.05) is 33.3 Å². The van der Waals surface area contributed by atoms with Gasteiger partial charge in [0.15, 0.2) is 0 Å². The van der Waals surface area contributed by atoms with Gasteiger partial charge in [-0.15, -0.1) is 0 Å². The van der Waals surface area contributed by atoms with Gasteiger partial charge >= 0.3 is 0 Å². The van der Waals surface area contributed by atoms with Crippen molar-refractivity contribution in [1.82, 2.24) is 10.2 Å². The molecule has 0 aliphatic carbocycles. The molecule has 0 spiro atoms. The molecule has 1 unspecified atom stereocenters. The van der Waals surface area contributed by atoms with Crippen LogP contribution in [0.1, 0.15) is 19.8 Å². The molecule has 0 aromatic rings. The van der Waals surface area contributed by atoms with Crippen LogP contribution in [0.25, 0.3) is 0 Å². The van der Waals surface area contributed by atoms with Crippen LogP contribution in [0.2, 0.25) is 0 Å². The lowest BCUT2D eigenvalue weighted by Crippen LogP contribution is -2.41. The first-order chi connectivity index (χ1) is 8.54. The highest BCUT2D eigenvalue weighted by molar-refractivity contribution is 7.80. The summed E-state index contributed by atoms with van der Waals surface area (Å²) in [6, 6.07) is 0. The molecule has 104 valence electrons. The molecule has 1 atom stereocenters. The fourth-order valence-electron chi connectivity index (χ4n) is 2.06. The number of likely N-dealkylation sites (tertiary alicyclic amines) is 1. The van der Waals surface area contributed by atoms with E-state index in [4.69, 9.17) is 22.7 Å². The summed E-state index contributed by atoms with van der Waals surface area (Å²) >= 11 is 4.84. The molecule has 1 heterocycles. The van der Waals surface area contributed by atoms with Crippen LogP contribution in [-0.4, -0.2) is 55.2 Å². The molecule has 1 aliphatic heterocycles. The molecule has 5 nitrogen and oxygen atoms in total. The lowest BCUT2D eigenvalue weighted by Gasteiger charge is -2.31. The maximum atomic E-state index is 11.5. The maximum absolute atomic E-state index is 11.5. The van der Waals surface area contributed by atoms with Gasteiger partial charge in [-0.1, -0.05) is 12.2 Å². The van der Waals surface area contributed by atoms with Gasteiger partial charge in [0, 0.05) is 19.5 Å². The van der Waals surface area contributed by atoms with Crippen molar-refractivity contribution in [1.29, 1.82) is 0 Å². The van der Waals surface area contributed by atoms with E-state index >= 15 is 0 Å². The summed E-state index contributed by atoms with van der Waals surface area (Å²) in [5, 5.41) is 2.71. The molecule has 0 aromatic carbocycles. The van der Waals surface area contributed by atoms with Crippen molar-refractivity contribution in [2.45, 2.75) is 25.9 Å². The molecule has 0 aromatic heterocycles. The van der Waals surface area contributed by atoms with Crippen molar-refractivity contribution < 1.29 is 9.53 Å². The Morgan fingerprint density at radius 2 is 2.17 bits per heavy atom. The smallest absolute Gasteiger partial charge is 0.222 e. The number of rotatable bonds is 6. The summed E-state index contributed by atoms with van der Waals surface area (Å²) < 4.78 is 5.51. The molecule has 0 radical (unpaired) electrons. The van der Waals surface area contributed by atoms with Crippen LogP contribution >= 0.6 is 12.2 Å². The minimum absolute atomic E-state index is 0.160. The zero-order valence-corrected chi connectivity index (χ0v) is 12.0. The van der Waals surface area contributed by atoms with E-state index in [1.54, 1.807) is 7.05 Å². The number of piperidine rings is 1. The van der Waals surface area contributed by atoms with E-state index in [-0.39, 0.29) is 17.9 Å². The van der Waals surface area contributed by atoms with Crippen LogP contribution in [0.5, 0.6) is 0 Å².